The molecule has 0 amide bonds. The summed E-state index contributed by atoms with van der Waals surface area (Å²) < 4.78 is 0. The van der Waals surface area contributed by atoms with Crippen LogP contribution in [0.4, 0.5) is 0 Å². The van der Waals surface area contributed by atoms with Gasteiger partial charge in [0.15, 0.2) is 11.6 Å². The van der Waals surface area contributed by atoms with Crippen molar-refractivity contribution in [3.8, 4) is 22.6 Å². The van der Waals surface area contributed by atoms with Gasteiger partial charge in [-0.05, 0) is 61.1 Å². The Morgan fingerprint density at radius 1 is 0.625 bits per heavy atom. The summed E-state index contributed by atoms with van der Waals surface area (Å²) in [4.78, 5) is 24.4. The summed E-state index contributed by atoms with van der Waals surface area (Å²) >= 11 is 0. The number of rotatable bonds is 1. The fourth-order valence-corrected chi connectivity index (χ4v) is 3.99. The molecule has 24 heavy (non-hydrogen) atoms. The predicted molar refractivity (Wildman–Crippen MR) is 89.7 cm³/mol. The van der Waals surface area contributed by atoms with Crippen molar-refractivity contribution in [3.05, 3.63) is 46.5 Å². The molecule has 2 aliphatic carbocycles. The van der Waals surface area contributed by atoms with E-state index in [-0.39, 0.29) is 23.1 Å². The SMILES string of the molecule is O=C1CCCc2c1ccc(O)c2-c1c(O)ccc2c1CCCC2=O. The van der Waals surface area contributed by atoms with Crippen LogP contribution in [0, 0.1) is 0 Å². The van der Waals surface area contributed by atoms with Gasteiger partial charge >= 0.3 is 0 Å². The first kappa shape index (κ1) is 14.9. The quantitative estimate of drug-likeness (QED) is 0.837. The number of benzene rings is 2. The van der Waals surface area contributed by atoms with Gasteiger partial charge in [0.05, 0.1) is 0 Å². The van der Waals surface area contributed by atoms with Crippen molar-refractivity contribution in [2.45, 2.75) is 38.5 Å². The van der Waals surface area contributed by atoms with Crippen LogP contribution in [-0.4, -0.2) is 21.8 Å². The second-order valence-corrected chi connectivity index (χ2v) is 6.53. The average Bonchev–Trinajstić information content (AvgIpc) is 2.56. The van der Waals surface area contributed by atoms with E-state index in [0.29, 0.717) is 47.9 Å². The van der Waals surface area contributed by atoms with Gasteiger partial charge < -0.3 is 10.2 Å². The largest absolute Gasteiger partial charge is 0.507 e. The highest BCUT2D eigenvalue weighted by Gasteiger charge is 2.28. The van der Waals surface area contributed by atoms with Crippen LogP contribution in [0.15, 0.2) is 24.3 Å². The number of carbonyl (C=O) groups excluding carboxylic acids is 2. The number of phenols is 2. The third kappa shape index (κ3) is 2.13. The van der Waals surface area contributed by atoms with Crippen LogP contribution in [0.2, 0.25) is 0 Å². The monoisotopic (exact) mass is 322 g/mol. The Hall–Kier alpha value is -2.62. The Bertz CT molecular complexity index is 806. The van der Waals surface area contributed by atoms with E-state index in [1.54, 1.807) is 12.1 Å². The standard InChI is InChI=1S/C20H18O4/c21-15-5-1-3-13-11(15)7-9-17(23)19(13)20-14-4-2-6-16(22)12(14)8-10-18(20)24/h7-10,23-24H,1-6H2. The molecule has 0 bridgehead atoms. The molecule has 0 aromatic heterocycles. The van der Waals surface area contributed by atoms with Gasteiger partial charge in [0.2, 0.25) is 0 Å². The molecule has 2 N–H and O–H groups in total. The summed E-state index contributed by atoms with van der Waals surface area (Å²) in [5.74, 6) is 0.228. The predicted octanol–water partition coefficient (Wildman–Crippen LogP) is 3.80. The fraction of sp³-hybridized carbons (Fsp3) is 0.300. The summed E-state index contributed by atoms with van der Waals surface area (Å²) in [7, 11) is 0. The van der Waals surface area contributed by atoms with Crippen molar-refractivity contribution in [3.63, 3.8) is 0 Å². The van der Waals surface area contributed by atoms with Gasteiger partial charge in [0, 0.05) is 35.1 Å². The molecule has 0 radical (unpaired) electrons. The lowest BCUT2D eigenvalue weighted by Gasteiger charge is -2.24. The number of hydrogen-bond acceptors (Lipinski definition) is 4. The van der Waals surface area contributed by atoms with E-state index in [4.69, 9.17) is 0 Å². The molecule has 4 heteroatoms. The normalized spacial score (nSPS) is 16.7. The molecule has 2 aromatic carbocycles. The molecule has 122 valence electrons. The second kappa shape index (κ2) is 5.48. The van der Waals surface area contributed by atoms with Crippen LogP contribution in [-0.2, 0) is 12.8 Å². The molecule has 0 aliphatic heterocycles. The van der Waals surface area contributed by atoms with Gasteiger partial charge in [-0.2, -0.15) is 0 Å². The van der Waals surface area contributed by atoms with Crippen molar-refractivity contribution in [2.24, 2.45) is 0 Å². The number of carbonyl (C=O) groups is 2. The van der Waals surface area contributed by atoms with Crippen molar-refractivity contribution in [2.75, 3.05) is 0 Å². The van der Waals surface area contributed by atoms with Gasteiger partial charge in [0.25, 0.3) is 0 Å². The molecule has 0 saturated heterocycles. The second-order valence-electron chi connectivity index (χ2n) is 6.53. The van der Waals surface area contributed by atoms with E-state index in [1.807, 2.05) is 0 Å². The van der Waals surface area contributed by atoms with E-state index < -0.39 is 0 Å². The Balaban J connectivity index is 2.05. The molecule has 0 heterocycles. The maximum atomic E-state index is 12.2. The summed E-state index contributed by atoms with van der Waals surface area (Å²) in [5.41, 5.74) is 3.84. The number of hydrogen-bond donors (Lipinski definition) is 2. The Kier molecular flexibility index (Phi) is 3.41. The first-order chi connectivity index (χ1) is 11.6. The Labute approximate surface area is 139 Å². The van der Waals surface area contributed by atoms with E-state index in [0.717, 1.165) is 24.0 Å². The smallest absolute Gasteiger partial charge is 0.163 e. The third-order valence-corrected chi connectivity index (χ3v) is 5.09. The Morgan fingerprint density at radius 3 is 1.46 bits per heavy atom. The third-order valence-electron chi connectivity index (χ3n) is 5.09. The maximum Gasteiger partial charge on any atom is 0.163 e. The molecule has 4 nitrogen and oxygen atoms in total. The lowest BCUT2D eigenvalue weighted by atomic mass is 9.79. The summed E-state index contributed by atoms with van der Waals surface area (Å²) in [6.07, 6.45) is 3.85. The lowest BCUT2D eigenvalue weighted by molar-refractivity contribution is 0.0964. The highest BCUT2D eigenvalue weighted by atomic mass is 16.3. The lowest BCUT2D eigenvalue weighted by Crippen LogP contribution is -2.15. The summed E-state index contributed by atoms with van der Waals surface area (Å²) in [6.45, 7) is 0. The van der Waals surface area contributed by atoms with Crippen molar-refractivity contribution < 1.29 is 19.8 Å². The zero-order valence-corrected chi connectivity index (χ0v) is 13.3. The van der Waals surface area contributed by atoms with Gasteiger partial charge in [-0.15, -0.1) is 0 Å². The average molecular weight is 322 g/mol. The fourth-order valence-electron chi connectivity index (χ4n) is 3.99. The molecule has 0 atom stereocenters. The van der Waals surface area contributed by atoms with Crippen LogP contribution < -0.4 is 0 Å². The highest BCUT2D eigenvalue weighted by Crippen LogP contribution is 2.45. The molecular weight excluding hydrogens is 304 g/mol. The molecule has 0 spiro atoms. The van der Waals surface area contributed by atoms with Crippen molar-refractivity contribution >= 4 is 11.6 Å². The highest BCUT2D eigenvalue weighted by molar-refractivity contribution is 6.04. The van der Waals surface area contributed by atoms with Gasteiger partial charge in [0.1, 0.15) is 11.5 Å². The Morgan fingerprint density at radius 2 is 1.04 bits per heavy atom. The van der Waals surface area contributed by atoms with Crippen molar-refractivity contribution in [1.82, 2.24) is 0 Å². The number of aromatic hydroxyl groups is 2. The van der Waals surface area contributed by atoms with Gasteiger partial charge in [-0.25, -0.2) is 0 Å². The van der Waals surface area contributed by atoms with Crippen LogP contribution in [0.3, 0.4) is 0 Å². The maximum absolute atomic E-state index is 12.2. The minimum Gasteiger partial charge on any atom is -0.507 e. The summed E-state index contributed by atoms with van der Waals surface area (Å²) in [5, 5.41) is 21.0. The van der Waals surface area contributed by atoms with E-state index in [9.17, 15) is 19.8 Å². The van der Waals surface area contributed by atoms with Crippen LogP contribution >= 0.6 is 0 Å². The topological polar surface area (TPSA) is 74.6 Å². The number of phenolic OH excluding ortho intramolecular Hbond substituents is 2. The van der Waals surface area contributed by atoms with Crippen LogP contribution in [0.5, 0.6) is 11.5 Å². The first-order valence-electron chi connectivity index (χ1n) is 8.34. The molecule has 2 aliphatic rings. The molecule has 4 rings (SSSR count). The first-order valence-corrected chi connectivity index (χ1v) is 8.34. The van der Waals surface area contributed by atoms with E-state index in [2.05, 4.69) is 0 Å². The van der Waals surface area contributed by atoms with E-state index >= 15 is 0 Å². The number of ketones is 2. The zero-order chi connectivity index (χ0) is 16.8. The minimum atomic E-state index is 0.0465. The molecular formula is C20H18O4. The molecule has 0 saturated carbocycles. The summed E-state index contributed by atoms with van der Waals surface area (Å²) in [6, 6.07) is 6.35. The van der Waals surface area contributed by atoms with Crippen LogP contribution in [0.1, 0.15) is 57.5 Å². The van der Waals surface area contributed by atoms with Crippen LogP contribution in [0.25, 0.3) is 11.1 Å². The van der Waals surface area contributed by atoms with E-state index in [1.165, 1.54) is 12.1 Å². The molecule has 0 fully saturated rings. The van der Waals surface area contributed by atoms with Crippen molar-refractivity contribution in [1.29, 1.82) is 0 Å². The molecule has 0 unspecified atom stereocenters. The van der Waals surface area contributed by atoms with Gasteiger partial charge in [-0.1, -0.05) is 0 Å². The minimum absolute atomic E-state index is 0.0465. The molecule has 2 aromatic rings. The van der Waals surface area contributed by atoms with Gasteiger partial charge in [-0.3, -0.25) is 9.59 Å². The number of Topliss-reactive ketones (excluding diaryl/α,β-unsaturated/α-hetero) is 2. The zero-order valence-electron chi connectivity index (χ0n) is 13.3. The number of fused-ring (bicyclic) bond motifs is 2.